The Morgan fingerprint density at radius 1 is 1.75 bits per heavy atom. The lowest BCUT2D eigenvalue weighted by atomic mass is 10.4. The van der Waals surface area contributed by atoms with Crippen molar-refractivity contribution in [3.8, 4) is 0 Å². The van der Waals surface area contributed by atoms with Crippen LogP contribution in [-0.2, 0) is 9.53 Å². The second-order valence-electron chi connectivity index (χ2n) is 2.40. The smallest absolute Gasteiger partial charge is 0.329 e. The molecule has 2 N–H and O–H groups in total. The van der Waals surface area contributed by atoms with E-state index in [1.165, 1.54) is 6.20 Å². The van der Waals surface area contributed by atoms with E-state index >= 15 is 0 Å². The summed E-state index contributed by atoms with van der Waals surface area (Å²) in [4.78, 5) is 10.0. The van der Waals surface area contributed by atoms with Gasteiger partial charge in [-0.15, -0.1) is 0 Å². The highest BCUT2D eigenvalue weighted by molar-refractivity contribution is 5.79. The average Bonchev–Trinajstić information content (AvgIpc) is 2.00. The zero-order valence-corrected chi connectivity index (χ0v) is 7.41. The Bertz CT molecular complexity index is 156. The minimum Gasteiger partial charge on any atom is -0.478 e. The van der Waals surface area contributed by atoms with Crippen LogP contribution in [0.1, 0.15) is 13.8 Å². The SMILES string of the molecule is CCOCC(C)N/C=C/C(=O)O. The highest BCUT2D eigenvalue weighted by atomic mass is 16.5. The van der Waals surface area contributed by atoms with Gasteiger partial charge in [-0.1, -0.05) is 0 Å². The lowest BCUT2D eigenvalue weighted by Crippen LogP contribution is -2.26. The number of ether oxygens (including phenoxy) is 1. The van der Waals surface area contributed by atoms with Crippen molar-refractivity contribution < 1.29 is 14.6 Å². The number of carboxylic acids is 1. The summed E-state index contributed by atoms with van der Waals surface area (Å²) in [6, 6.07) is 0.139. The van der Waals surface area contributed by atoms with Gasteiger partial charge in [-0.2, -0.15) is 0 Å². The molecule has 0 saturated carbocycles. The molecule has 4 nitrogen and oxygen atoms in total. The third-order valence-electron chi connectivity index (χ3n) is 1.18. The summed E-state index contributed by atoms with van der Waals surface area (Å²) in [7, 11) is 0. The van der Waals surface area contributed by atoms with E-state index in [2.05, 4.69) is 5.32 Å². The van der Waals surface area contributed by atoms with E-state index in [1.807, 2.05) is 13.8 Å². The van der Waals surface area contributed by atoms with E-state index in [9.17, 15) is 4.79 Å². The van der Waals surface area contributed by atoms with Crippen LogP contribution in [0.5, 0.6) is 0 Å². The van der Waals surface area contributed by atoms with Crippen LogP contribution < -0.4 is 5.32 Å². The summed E-state index contributed by atoms with van der Waals surface area (Å²) < 4.78 is 5.11. The van der Waals surface area contributed by atoms with Crippen LogP contribution in [0.15, 0.2) is 12.3 Å². The van der Waals surface area contributed by atoms with Gasteiger partial charge in [0, 0.05) is 24.9 Å². The minimum atomic E-state index is -0.953. The van der Waals surface area contributed by atoms with Crippen molar-refractivity contribution in [1.82, 2.24) is 5.32 Å². The molecular weight excluding hydrogens is 158 g/mol. The maximum atomic E-state index is 10.0. The van der Waals surface area contributed by atoms with Crippen molar-refractivity contribution in [2.75, 3.05) is 13.2 Å². The van der Waals surface area contributed by atoms with E-state index in [-0.39, 0.29) is 6.04 Å². The molecule has 4 heteroatoms. The summed E-state index contributed by atoms with van der Waals surface area (Å²) in [5.74, 6) is -0.953. The maximum Gasteiger partial charge on any atom is 0.329 e. The first-order valence-electron chi connectivity index (χ1n) is 3.90. The molecule has 12 heavy (non-hydrogen) atoms. The molecule has 0 amide bonds. The lowest BCUT2D eigenvalue weighted by Gasteiger charge is -2.10. The molecule has 1 unspecified atom stereocenters. The first-order valence-corrected chi connectivity index (χ1v) is 3.90. The van der Waals surface area contributed by atoms with Gasteiger partial charge in [0.25, 0.3) is 0 Å². The van der Waals surface area contributed by atoms with Crippen LogP contribution >= 0.6 is 0 Å². The minimum absolute atomic E-state index is 0.139. The molecule has 0 heterocycles. The number of hydrogen-bond acceptors (Lipinski definition) is 3. The Balaban J connectivity index is 3.42. The molecule has 70 valence electrons. The fraction of sp³-hybridized carbons (Fsp3) is 0.625. The molecule has 0 saturated heterocycles. The van der Waals surface area contributed by atoms with Gasteiger partial charge in [0.15, 0.2) is 0 Å². The van der Waals surface area contributed by atoms with E-state index in [0.717, 1.165) is 6.08 Å². The van der Waals surface area contributed by atoms with Crippen molar-refractivity contribution >= 4 is 5.97 Å². The molecule has 0 aliphatic rings. The largest absolute Gasteiger partial charge is 0.478 e. The molecule has 0 radical (unpaired) electrons. The number of carboxylic acid groups (broad SMARTS) is 1. The van der Waals surface area contributed by atoms with E-state index in [0.29, 0.717) is 13.2 Å². The fourth-order valence-corrected chi connectivity index (χ4v) is 0.626. The predicted molar refractivity (Wildman–Crippen MR) is 45.9 cm³/mol. The van der Waals surface area contributed by atoms with Gasteiger partial charge in [0.2, 0.25) is 0 Å². The molecule has 0 rings (SSSR count). The van der Waals surface area contributed by atoms with Crippen LogP contribution in [0.4, 0.5) is 0 Å². The van der Waals surface area contributed by atoms with Crippen molar-refractivity contribution in [3.05, 3.63) is 12.3 Å². The number of carbonyl (C=O) groups is 1. The second-order valence-corrected chi connectivity index (χ2v) is 2.40. The zero-order valence-electron chi connectivity index (χ0n) is 7.41. The molecule has 0 aliphatic carbocycles. The Morgan fingerprint density at radius 3 is 2.92 bits per heavy atom. The predicted octanol–water partition coefficient (Wildman–Crippen LogP) is 0.599. The zero-order chi connectivity index (χ0) is 9.40. The van der Waals surface area contributed by atoms with Gasteiger partial charge < -0.3 is 15.2 Å². The Labute approximate surface area is 72.2 Å². The molecule has 0 aromatic heterocycles. The molecule has 0 spiro atoms. The Kier molecular flexibility index (Phi) is 6.09. The van der Waals surface area contributed by atoms with Crippen molar-refractivity contribution in [3.63, 3.8) is 0 Å². The molecule has 1 atom stereocenters. The van der Waals surface area contributed by atoms with Gasteiger partial charge in [-0.3, -0.25) is 0 Å². The summed E-state index contributed by atoms with van der Waals surface area (Å²) in [5, 5.41) is 11.1. The average molecular weight is 173 g/mol. The number of rotatable bonds is 6. The third kappa shape index (κ3) is 7.08. The highest BCUT2D eigenvalue weighted by Gasteiger charge is 1.96. The third-order valence-corrected chi connectivity index (χ3v) is 1.18. The van der Waals surface area contributed by atoms with Crippen molar-refractivity contribution in [2.45, 2.75) is 19.9 Å². The lowest BCUT2D eigenvalue weighted by molar-refractivity contribution is -0.131. The van der Waals surface area contributed by atoms with Crippen LogP contribution in [0, 0.1) is 0 Å². The summed E-state index contributed by atoms with van der Waals surface area (Å²) in [6.07, 6.45) is 2.47. The number of nitrogens with one attached hydrogen (secondary N) is 1. The molecule has 0 aliphatic heterocycles. The quantitative estimate of drug-likeness (QED) is 0.577. The Morgan fingerprint density at radius 2 is 2.42 bits per heavy atom. The van der Waals surface area contributed by atoms with Crippen LogP contribution in [0.25, 0.3) is 0 Å². The summed E-state index contributed by atoms with van der Waals surface area (Å²) >= 11 is 0. The molecule has 0 aromatic rings. The number of aliphatic carboxylic acids is 1. The van der Waals surface area contributed by atoms with E-state index < -0.39 is 5.97 Å². The summed E-state index contributed by atoms with van der Waals surface area (Å²) in [5.41, 5.74) is 0. The van der Waals surface area contributed by atoms with Crippen LogP contribution in [0.2, 0.25) is 0 Å². The van der Waals surface area contributed by atoms with Crippen LogP contribution in [-0.4, -0.2) is 30.3 Å². The fourth-order valence-electron chi connectivity index (χ4n) is 0.626. The van der Waals surface area contributed by atoms with E-state index in [1.54, 1.807) is 0 Å². The van der Waals surface area contributed by atoms with Gasteiger partial charge in [0.1, 0.15) is 0 Å². The van der Waals surface area contributed by atoms with E-state index in [4.69, 9.17) is 9.84 Å². The van der Waals surface area contributed by atoms with Gasteiger partial charge >= 0.3 is 5.97 Å². The van der Waals surface area contributed by atoms with Gasteiger partial charge in [0.05, 0.1) is 6.61 Å². The van der Waals surface area contributed by atoms with Gasteiger partial charge in [-0.25, -0.2) is 4.79 Å². The first kappa shape index (κ1) is 11.0. The molecule has 0 aromatic carbocycles. The van der Waals surface area contributed by atoms with Gasteiger partial charge in [-0.05, 0) is 13.8 Å². The monoisotopic (exact) mass is 173 g/mol. The molecule has 0 fully saturated rings. The summed E-state index contributed by atoms with van der Waals surface area (Å²) in [6.45, 7) is 5.09. The first-order chi connectivity index (χ1) is 5.66. The number of hydrogen-bond donors (Lipinski definition) is 2. The normalized spacial score (nSPS) is 13.2. The standard InChI is InChI=1S/C8H15NO3/c1-3-12-6-7(2)9-5-4-8(10)11/h4-5,7,9H,3,6H2,1-2H3,(H,10,11)/b5-4+. The maximum absolute atomic E-state index is 10.0. The van der Waals surface area contributed by atoms with Crippen LogP contribution in [0.3, 0.4) is 0 Å². The molecule has 0 bridgehead atoms. The topological polar surface area (TPSA) is 58.6 Å². The van der Waals surface area contributed by atoms with Crippen molar-refractivity contribution in [2.24, 2.45) is 0 Å². The second kappa shape index (κ2) is 6.67. The highest BCUT2D eigenvalue weighted by Crippen LogP contribution is 1.83. The Hall–Kier alpha value is -1.03. The van der Waals surface area contributed by atoms with Crippen molar-refractivity contribution in [1.29, 1.82) is 0 Å². The molecular formula is C8H15NO3.